The Morgan fingerprint density at radius 2 is 1.53 bits per heavy atom. The normalized spacial score (nSPS) is 17.0. The largest absolute Gasteiger partial charge is 0.273 e. The van der Waals surface area contributed by atoms with Gasteiger partial charge in [0.25, 0.3) is 10.0 Å². The predicted octanol–water partition coefficient (Wildman–Crippen LogP) is 4.70. The Balaban J connectivity index is 1.82. The van der Waals surface area contributed by atoms with E-state index in [4.69, 9.17) is 0 Å². The number of hydrogen-bond acceptors (Lipinski definition) is 3. The van der Waals surface area contributed by atoms with Crippen LogP contribution in [0.1, 0.15) is 28.2 Å². The highest BCUT2D eigenvalue weighted by molar-refractivity contribution is 7.89. The molecule has 5 heteroatoms. The minimum atomic E-state index is -3.94. The third-order valence-electron chi connectivity index (χ3n) is 5.37. The topological polar surface area (TPSA) is 54.5 Å². The van der Waals surface area contributed by atoms with Crippen LogP contribution in [0.4, 0.5) is 0 Å². The van der Waals surface area contributed by atoms with Crippen molar-refractivity contribution in [2.24, 2.45) is 0 Å². The molecule has 4 rings (SSSR count). The first kappa shape index (κ1) is 20.1. The van der Waals surface area contributed by atoms with Crippen LogP contribution in [-0.4, -0.2) is 25.2 Å². The zero-order chi connectivity index (χ0) is 21.3. The van der Waals surface area contributed by atoms with Gasteiger partial charge in [0.2, 0.25) is 5.91 Å². The van der Waals surface area contributed by atoms with E-state index in [1.165, 1.54) is 0 Å². The third-order valence-corrected chi connectivity index (χ3v) is 7.15. The number of amides is 1. The van der Waals surface area contributed by atoms with Crippen LogP contribution in [0.5, 0.6) is 0 Å². The lowest BCUT2D eigenvalue weighted by Crippen LogP contribution is -2.43. The van der Waals surface area contributed by atoms with Crippen molar-refractivity contribution < 1.29 is 13.2 Å². The van der Waals surface area contributed by atoms with Crippen molar-refractivity contribution in [3.63, 3.8) is 0 Å². The highest BCUT2D eigenvalue weighted by atomic mass is 32.2. The Hall–Kier alpha value is -3.18. The molecule has 0 spiro atoms. The van der Waals surface area contributed by atoms with Gasteiger partial charge in [-0.3, -0.25) is 4.79 Å². The fourth-order valence-electron chi connectivity index (χ4n) is 3.80. The molecule has 3 aromatic carbocycles. The molecule has 0 bridgehead atoms. The van der Waals surface area contributed by atoms with Crippen molar-refractivity contribution in [3.8, 4) is 0 Å². The second-order valence-corrected chi connectivity index (χ2v) is 9.42. The number of aryl methyl sites for hydroxylation is 2. The molecule has 0 fully saturated rings. The molecule has 1 aliphatic heterocycles. The monoisotopic (exact) mass is 417 g/mol. The number of benzene rings is 3. The van der Waals surface area contributed by atoms with Crippen molar-refractivity contribution in [2.45, 2.75) is 24.7 Å². The quantitative estimate of drug-likeness (QED) is 0.618. The molecule has 0 radical (unpaired) electrons. The molecule has 1 atom stereocenters. The summed E-state index contributed by atoms with van der Waals surface area (Å²) in [6.45, 7) is 3.91. The standard InChI is InChI=1S/C25H23NO3S/c1-18-11-13-22(14-12-18)30(28,29)26-16-15-23(21-10-6-7-19(2)17-21)24(25(26)27)20-8-4-3-5-9-20/h3-15,17,24H,16H2,1-2H3. The van der Waals surface area contributed by atoms with Crippen LogP contribution < -0.4 is 0 Å². The summed E-state index contributed by atoms with van der Waals surface area (Å²) < 4.78 is 27.5. The van der Waals surface area contributed by atoms with E-state index >= 15 is 0 Å². The summed E-state index contributed by atoms with van der Waals surface area (Å²) in [4.78, 5) is 13.7. The maximum Gasteiger partial charge on any atom is 0.266 e. The van der Waals surface area contributed by atoms with Gasteiger partial charge >= 0.3 is 0 Å². The summed E-state index contributed by atoms with van der Waals surface area (Å²) >= 11 is 0. The number of hydrogen-bond donors (Lipinski definition) is 0. The van der Waals surface area contributed by atoms with Gasteiger partial charge in [0.05, 0.1) is 17.4 Å². The zero-order valence-electron chi connectivity index (χ0n) is 16.9. The van der Waals surface area contributed by atoms with Crippen molar-refractivity contribution >= 4 is 21.5 Å². The molecule has 4 nitrogen and oxygen atoms in total. The summed E-state index contributed by atoms with van der Waals surface area (Å²) in [5.41, 5.74) is 4.60. The van der Waals surface area contributed by atoms with Crippen molar-refractivity contribution in [1.29, 1.82) is 0 Å². The highest BCUT2D eigenvalue weighted by Crippen LogP contribution is 2.38. The summed E-state index contributed by atoms with van der Waals surface area (Å²) in [6.07, 6.45) is 1.86. The Kier molecular flexibility index (Phi) is 5.31. The molecule has 0 aromatic heterocycles. The average Bonchev–Trinajstić information content (AvgIpc) is 2.74. The van der Waals surface area contributed by atoms with Crippen molar-refractivity contribution in [3.05, 3.63) is 107 Å². The van der Waals surface area contributed by atoms with Crippen LogP contribution >= 0.6 is 0 Å². The number of nitrogens with zero attached hydrogens (tertiary/aromatic N) is 1. The smallest absolute Gasteiger partial charge is 0.266 e. The second kappa shape index (κ2) is 7.92. The SMILES string of the molecule is Cc1ccc(S(=O)(=O)N2CC=C(c3cccc(C)c3)C(c3ccccc3)C2=O)cc1. The second-order valence-electron chi connectivity index (χ2n) is 7.56. The number of sulfonamides is 1. The van der Waals surface area contributed by atoms with E-state index < -0.39 is 21.8 Å². The van der Waals surface area contributed by atoms with Crippen molar-refractivity contribution in [2.75, 3.05) is 6.54 Å². The van der Waals surface area contributed by atoms with Crippen LogP contribution in [0.25, 0.3) is 5.57 Å². The first-order chi connectivity index (χ1) is 14.4. The molecule has 3 aromatic rings. The third kappa shape index (κ3) is 3.68. The van der Waals surface area contributed by atoms with Gasteiger partial charge in [-0.15, -0.1) is 0 Å². The molecule has 0 aliphatic carbocycles. The van der Waals surface area contributed by atoms with Gasteiger partial charge < -0.3 is 0 Å². The summed E-state index contributed by atoms with van der Waals surface area (Å²) in [7, 11) is -3.94. The molecule has 0 saturated carbocycles. The lowest BCUT2D eigenvalue weighted by atomic mass is 9.83. The zero-order valence-corrected chi connectivity index (χ0v) is 17.8. The Bertz CT molecular complexity index is 1210. The van der Waals surface area contributed by atoms with Gasteiger partial charge in [-0.1, -0.05) is 83.9 Å². The van der Waals surface area contributed by atoms with Crippen LogP contribution in [-0.2, 0) is 14.8 Å². The Labute approximate surface area is 177 Å². The summed E-state index contributed by atoms with van der Waals surface area (Å²) in [5, 5.41) is 0. The van der Waals surface area contributed by atoms with Gasteiger partial charge in [-0.2, -0.15) is 0 Å². The minimum absolute atomic E-state index is 0.0155. The fraction of sp³-hybridized carbons (Fsp3) is 0.160. The summed E-state index contributed by atoms with van der Waals surface area (Å²) in [6, 6.07) is 23.9. The number of carbonyl (C=O) groups is 1. The van der Waals surface area contributed by atoms with E-state index in [9.17, 15) is 13.2 Å². The van der Waals surface area contributed by atoms with Crippen LogP contribution in [0.2, 0.25) is 0 Å². The van der Waals surface area contributed by atoms with Crippen LogP contribution in [0.15, 0.2) is 89.8 Å². The Morgan fingerprint density at radius 1 is 0.833 bits per heavy atom. The van der Waals surface area contributed by atoms with Gasteiger partial charge in [0.1, 0.15) is 0 Å². The maximum absolute atomic E-state index is 13.6. The Morgan fingerprint density at radius 3 is 2.20 bits per heavy atom. The van der Waals surface area contributed by atoms with E-state index in [0.29, 0.717) is 0 Å². The predicted molar refractivity (Wildman–Crippen MR) is 118 cm³/mol. The molecular weight excluding hydrogens is 394 g/mol. The highest BCUT2D eigenvalue weighted by Gasteiger charge is 2.39. The first-order valence-electron chi connectivity index (χ1n) is 9.83. The molecule has 1 aliphatic rings. The van der Waals surface area contributed by atoms with E-state index in [-0.39, 0.29) is 11.4 Å². The molecule has 1 unspecified atom stereocenters. The lowest BCUT2D eigenvalue weighted by Gasteiger charge is -2.32. The molecular formula is C25H23NO3S. The molecule has 1 heterocycles. The van der Waals surface area contributed by atoms with E-state index in [0.717, 1.165) is 32.1 Å². The van der Waals surface area contributed by atoms with Gasteiger partial charge in [0.15, 0.2) is 0 Å². The molecule has 0 saturated heterocycles. The van der Waals surface area contributed by atoms with Crippen molar-refractivity contribution in [1.82, 2.24) is 4.31 Å². The van der Waals surface area contributed by atoms with Gasteiger partial charge in [-0.05, 0) is 42.7 Å². The average molecular weight is 418 g/mol. The summed E-state index contributed by atoms with van der Waals surface area (Å²) in [5.74, 6) is -1.11. The van der Waals surface area contributed by atoms with E-state index in [2.05, 4.69) is 0 Å². The molecule has 30 heavy (non-hydrogen) atoms. The van der Waals surface area contributed by atoms with Crippen LogP contribution in [0, 0.1) is 13.8 Å². The van der Waals surface area contributed by atoms with Crippen LogP contribution in [0.3, 0.4) is 0 Å². The van der Waals surface area contributed by atoms with Gasteiger partial charge in [0, 0.05) is 0 Å². The lowest BCUT2D eigenvalue weighted by molar-refractivity contribution is -0.126. The van der Waals surface area contributed by atoms with Gasteiger partial charge in [-0.25, -0.2) is 12.7 Å². The molecule has 0 N–H and O–H groups in total. The molecule has 1 amide bonds. The number of rotatable bonds is 4. The fourth-order valence-corrected chi connectivity index (χ4v) is 5.14. The van der Waals surface area contributed by atoms with E-state index in [1.807, 2.05) is 74.5 Å². The van der Waals surface area contributed by atoms with E-state index in [1.54, 1.807) is 24.3 Å². The molecule has 152 valence electrons. The maximum atomic E-state index is 13.6. The number of carbonyl (C=O) groups excluding carboxylic acids is 1. The first-order valence-corrected chi connectivity index (χ1v) is 11.3. The minimum Gasteiger partial charge on any atom is -0.273 e.